The van der Waals surface area contributed by atoms with Crippen molar-refractivity contribution in [3.8, 4) is 0 Å². The van der Waals surface area contributed by atoms with E-state index in [1.807, 2.05) is 13.8 Å². The number of nitrogens with two attached hydrogens (primary N) is 1. The Morgan fingerprint density at radius 2 is 2.00 bits per heavy atom. The number of benzene rings is 1. The number of pyridine rings is 1. The van der Waals surface area contributed by atoms with E-state index < -0.39 is 11.6 Å². The molecule has 0 bridgehead atoms. The Bertz CT molecular complexity index is 582. The van der Waals surface area contributed by atoms with Gasteiger partial charge in [-0.3, -0.25) is 10.8 Å². The van der Waals surface area contributed by atoms with Crippen LogP contribution in [-0.4, -0.2) is 4.98 Å². The second-order valence-corrected chi connectivity index (χ2v) is 4.69. The number of hydrogen-bond acceptors (Lipinski definition) is 3. The first-order valence-electron chi connectivity index (χ1n) is 5.76. The van der Waals surface area contributed by atoms with Gasteiger partial charge >= 0.3 is 0 Å². The first-order chi connectivity index (χ1) is 8.51. The summed E-state index contributed by atoms with van der Waals surface area (Å²) < 4.78 is 26.9. The van der Waals surface area contributed by atoms with E-state index in [4.69, 9.17) is 5.84 Å². The summed E-state index contributed by atoms with van der Waals surface area (Å²) in [4.78, 5) is 4.27. The molecule has 2 aromatic rings. The maximum absolute atomic E-state index is 13.7. The van der Waals surface area contributed by atoms with Gasteiger partial charge in [0.2, 0.25) is 0 Å². The summed E-state index contributed by atoms with van der Waals surface area (Å²) in [5, 5.41) is 0.214. The van der Waals surface area contributed by atoms with Gasteiger partial charge in [-0.15, -0.1) is 0 Å². The molecule has 0 saturated heterocycles. The van der Waals surface area contributed by atoms with E-state index in [0.717, 1.165) is 18.2 Å². The minimum absolute atomic E-state index is 0.214. The van der Waals surface area contributed by atoms with Crippen molar-refractivity contribution < 1.29 is 8.78 Å². The minimum atomic E-state index is -0.665. The largest absolute Gasteiger partial charge is 0.323 e. The quantitative estimate of drug-likeness (QED) is 0.651. The molecule has 3 nitrogen and oxygen atoms in total. The second kappa shape index (κ2) is 4.86. The van der Waals surface area contributed by atoms with Crippen LogP contribution in [0.25, 0.3) is 10.9 Å². The smallest absolute Gasteiger partial charge is 0.137 e. The first-order valence-corrected chi connectivity index (χ1v) is 5.76. The summed E-state index contributed by atoms with van der Waals surface area (Å²) in [6.07, 6.45) is 0.725. The predicted octanol–water partition coefficient (Wildman–Crippen LogP) is 3.00. The van der Waals surface area contributed by atoms with Gasteiger partial charge in [0, 0.05) is 17.8 Å². The Balaban J connectivity index is 2.67. The van der Waals surface area contributed by atoms with E-state index in [9.17, 15) is 8.78 Å². The fraction of sp³-hybridized carbons (Fsp3) is 0.308. The van der Waals surface area contributed by atoms with E-state index in [2.05, 4.69) is 10.4 Å². The molecule has 0 radical (unpaired) electrons. The molecule has 1 aromatic heterocycles. The average Bonchev–Trinajstić information content (AvgIpc) is 2.25. The van der Waals surface area contributed by atoms with Crippen LogP contribution in [0.1, 0.15) is 19.5 Å². The van der Waals surface area contributed by atoms with Crippen LogP contribution in [0.3, 0.4) is 0 Å². The number of nitrogens with one attached hydrogen (secondary N) is 1. The van der Waals surface area contributed by atoms with E-state index in [1.54, 1.807) is 6.07 Å². The normalized spacial score (nSPS) is 11.2. The summed E-state index contributed by atoms with van der Waals surface area (Å²) in [5.41, 5.74) is 3.90. The fourth-order valence-electron chi connectivity index (χ4n) is 1.98. The fourth-order valence-corrected chi connectivity index (χ4v) is 1.98. The summed E-state index contributed by atoms with van der Waals surface area (Å²) in [7, 11) is 0. The molecule has 0 atom stereocenters. The zero-order valence-electron chi connectivity index (χ0n) is 10.3. The van der Waals surface area contributed by atoms with E-state index in [0.29, 0.717) is 11.6 Å². The number of halogens is 2. The van der Waals surface area contributed by atoms with Crippen molar-refractivity contribution in [2.24, 2.45) is 11.8 Å². The molecule has 5 heteroatoms. The lowest BCUT2D eigenvalue weighted by atomic mass is 10.1. The van der Waals surface area contributed by atoms with Gasteiger partial charge in [-0.1, -0.05) is 13.8 Å². The maximum atomic E-state index is 13.7. The monoisotopic (exact) mass is 251 g/mol. The second-order valence-electron chi connectivity index (χ2n) is 4.69. The third-order valence-corrected chi connectivity index (χ3v) is 2.65. The van der Waals surface area contributed by atoms with E-state index in [-0.39, 0.29) is 10.9 Å². The number of nitrogens with zero attached hydrogens (tertiary/aromatic N) is 1. The predicted molar refractivity (Wildman–Crippen MR) is 68.0 cm³/mol. The van der Waals surface area contributed by atoms with Crippen molar-refractivity contribution in [1.29, 1.82) is 0 Å². The highest BCUT2D eigenvalue weighted by molar-refractivity contribution is 5.91. The highest BCUT2D eigenvalue weighted by Gasteiger charge is 2.12. The number of anilines is 1. The van der Waals surface area contributed by atoms with Crippen LogP contribution in [0.5, 0.6) is 0 Å². The van der Waals surface area contributed by atoms with Crippen molar-refractivity contribution in [3.63, 3.8) is 0 Å². The van der Waals surface area contributed by atoms with Gasteiger partial charge in [-0.2, -0.15) is 0 Å². The lowest BCUT2D eigenvalue weighted by molar-refractivity contribution is 0.591. The topological polar surface area (TPSA) is 50.9 Å². The van der Waals surface area contributed by atoms with E-state index >= 15 is 0 Å². The molecule has 18 heavy (non-hydrogen) atoms. The third-order valence-electron chi connectivity index (χ3n) is 2.65. The molecule has 96 valence electrons. The van der Waals surface area contributed by atoms with Crippen molar-refractivity contribution >= 4 is 16.6 Å². The standard InChI is InChI=1S/C13H15F2N3/c1-7(2)3-9-6-12(18-16)13-10(15)4-8(14)5-11(13)17-9/h4-7H,3,16H2,1-2H3,(H,17,18). The van der Waals surface area contributed by atoms with Gasteiger partial charge in [-0.05, 0) is 18.4 Å². The van der Waals surface area contributed by atoms with Crippen LogP contribution in [0.4, 0.5) is 14.5 Å². The molecule has 1 aromatic carbocycles. The molecule has 0 aliphatic rings. The molecular formula is C13H15F2N3. The van der Waals surface area contributed by atoms with Crippen LogP contribution in [0.2, 0.25) is 0 Å². The van der Waals surface area contributed by atoms with Crippen LogP contribution < -0.4 is 11.3 Å². The summed E-state index contributed by atoms with van der Waals surface area (Å²) in [5.74, 6) is 4.48. The van der Waals surface area contributed by atoms with Gasteiger partial charge in [0.25, 0.3) is 0 Å². The molecule has 3 N–H and O–H groups in total. The molecular weight excluding hydrogens is 236 g/mol. The SMILES string of the molecule is CC(C)Cc1cc(NN)c2c(F)cc(F)cc2n1. The molecule has 0 unspecified atom stereocenters. The Labute approximate surface area is 104 Å². The Hall–Kier alpha value is -1.75. The van der Waals surface area contributed by atoms with Crippen molar-refractivity contribution in [2.75, 3.05) is 5.43 Å². The van der Waals surface area contributed by atoms with Gasteiger partial charge in [0.05, 0.1) is 16.6 Å². The molecule has 0 aliphatic carbocycles. The van der Waals surface area contributed by atoms with Crippen LogP contribution in [-0.2, 0) is 6.42 Å². The number of aromatic nitrogens is 1. The lowest BCUT2D eigenvalue weighted by Gasteiger charge is -2.11. The van der Waals surface area contributed by atoms with Crippen LogP contribution in [0.15, 0.2) is 18.2 Å². The van der Waals surface area contributed by atoms with Crippen molar-refractivity contribution in [3.05, 3.63) is 35.5 Å². The van der Waals surface area contributed by atoms with Crippen LogP contribution >= 0.6 is 0 Å². The van der Waals surface area contributed by atoms with Gasteiger partial charge in [0.1, 0.15) is 11.6 Å². The van der Waals surface area contributed by atoms with Gasteiger partial charge < -0.3 is 5.43 Å². The summed E-state index contributed by atoms with van der Waals surface area (Å²) >= 11 is 0. The molecule has 1 heterocycles. The van der Waals surface area contributed by atoms with Crippen LogP contribution in [0, 0.1) is 17.6 Å². The Kier molecular flexibility index (Phi) is 3.43. The highest BCUT2D eigenvalue weighted by atomic mass is 19.1. The van der Waals surface area contributed by atoms with Crippen molar-refractivity contribution in [1.82, 2.24) is 4.98 Å². The average molecular weight is 251 g/mol. The van der Waals surface area contributed by atoms with Gasteiger partial charge in [0.15, 0.2) is 0 Å². The number of rotatable bonds is 3. The lowest BCUT2D eigenvalue weighted by Crippen LogP contribution is -2.10. The molecule has 0 amide bonds. The Morgan fingerprint density at radius 3 is 2.61 bits per heavy atom. The maximum Gasteiger partial charge on any atom is 0.137 e. The molecule has 0 saturated carbocycles. The number of hydrazine groups is 1. The zero-order chi connectivity index (χ0) is 13.3. The third kappa shape index (κ3) is 2.41. The Morgan fingerprint density at radius 1 is 1.28 bits per heavy atom. The zero-order valence-corrected chi connectivity index (χ0v) is 10.3. The molecule has 0 fully saturated rings. The first kappa shape index (κ1) is 12.7. The van der Waals surface area contributed by atoms with E-state index in [1.165, 1.54) is 6.07 Å². The summed E-state index contributed by atoms with van der Waals surface area (Å²) in [6.45, 7) is 4.10. The van der Waals surface area contributed by atoms with Gasteiger partial charge in [-0.25, -0.2) is 8.78 Å². The number of hydrogen-bond donors (Lipinski definition) is 2. The summed E-state index contributed by atoms with van der Waals surface area (Å²) in [6, 6.07) is 3.74. The number of nitrogen functional groups attached to an aromatic ring is 1. The highest BCUT2D eigenvalue weighted by Crippen LogP contribution is 2.27. The number of fused-ring (bicyclic) bond motifs is 1. The molecule has 0 spiro atoms. The van der Waals surface area contributed by atoms with Crippen molar-refractivity contribution in [2.45, 2.75) is 20.3 Å². The minimum Gasteiger partial charge on any atom is -0.323 e. The molecule has 2 rings (SSSR count). The molecule has 0 aliphatic heterocycles.